The van der Waals surface area contributed by atoms with Gasteiger partial charge in [-0.2, -0.15) is 10.5 Å². The Balaban J connectivity index is 2.75. The van der Waals surface area contributed by atoms with Gasteiger partial charge in [0.05, 0.1) is 12.1 Å². The lowest BCUT2D eigenvalue weighted by atomic mass is 9.68. The third kappa shape index (κ3) is 2.60. The summed E-state index contributed by atoms with van der Waals surface area (Å²) in [4.78, 5) is 0. The first-order chi connectivity index (χ1) is 7.10. The summed E-state index contributed by atoms with van der Waals surface area (Å²) in [7, 11) is 0. The molecule has 0 spiro atoms. The minimum absolute atomic E-state index is 0.232. The molecule has 0 aromatic heterocycles. The topological polar surface area (TPSA) is 47.6 Å². The van der Waals surface area contributed by atoms with Gasteiger partial charge in [0.2, 0.25) is 0 Å². The molecule has 1 rings (SSSR count). The van der Waals surface area contributed by atoms with Crippen molar-refractivity contribution in [3.63, 3.8) is 0 Å². The molecule has 0 aliphatic heterocycles. The van der Waals surface area contributed by atoms with Gasteiger partial charge in [0.1, 0.15) is 5.92 Å². The van der Waals surface area contributed by atoms with Gasteiger partial charge in [-0.15, -0.1) is 0 Å². The fourth-order valence-electron chi connectivity index (χ4n) is 2.49. The van der Waals surface area contributed by atoms with Crippen LogP contribution in [0.1, 0.15) is 33.1 Å². The van der Waals surface area contributed by atoms with Crippen molar-refractivity contribution >= 4 is 0 Å². The normalized spacial score (nSPS) is 30.6. The minimum Gasteiger partial charge on any atom is -0.197 e. The molecule has 0 N–H and O–H groups in total. The fraction of sp³-hybridized carbons (Fsp3) is 0.692. The monoisotopic (exact) mass is 202 g/mol. The van der Waals surface area contributed by atoms with Gasteiger partial charge in [0.15, 0.2) is 0 Å². The molecule has 2 heteroatoms. The summed E-state index contributed by atoms with van der Waals surface area (Å²) in [5, 5.41) is 17.9. The highest BCUT2D eigenvalue weighted by atomic mass is 14.4. The maximum absolute atomic E-state index is 8.93. The van der Waals surface area contributed by atoms with Crippen LogP contribution in [0.4, 0.5) is 0 Å². The Kier molecular flexibility index (Phi) is 3.92. The van der Waals surface area contributed by atoms with E-state index in [0.29, 0.717) is 11.8 Å². The highest BCUT2D eigenvalue weighted by Gasteiger charge is 2.33. The second kappa shape index (κ2) is 4.99. The van der Waals surface area contributed by atoms with Crippen LogP contribution in [0.25, 0.3) is 0 Å². The molecule has 1 saturated carbocycles. The molecule has 0 amide bonds. The lowest BCUT2D eigenvalue weighted by Gasteiger charge is -2.35. The average Bonchev–Trinajstić information content (AvgIpc) is 2.22. The van der Waals surface area contributed by atoms with Crippen molar-refractivity contribution in [1.29, 1.82) is 10.5 Å². The van der Waals surface area contributed by atoms with Crippen LogP contribution in [0.2, 0.25) is 0 Å². The Hall–Kier alpha value is -1.28. The first-order valence-electron chi connectivity index (χ1n) is 5.54. The highest BCUT2D eigenvalue weighted by molar-refractivity contribution is 5.08. The molecule has 1 fully saturated rings. The molecule has 1 aliphatic rings. The summed E-state index contributed by atoms with van der Waals surface area (Å²) >= 11 is 0. The van der Waals surface area contributed by atoms with Gasteiger partial charge in [-0.05, 0) is 43.9 Å². The van der Waals surface area contributed by atoms with Crippen molar-refractivity contribution in [1.82, 2.24) is 0 Å². The van der Waals surface area contributed by atoms with E-state index in [1.165, 1.54) is 5.57 Å². The molecule has 15 heavy (non-hydrogen) atoms. The Bertz CT molecular complexity index is 304. The molecular weight excluding hydrogens is 184 g/mol. The van der Waals surface area contributed by atoms with E-state index in [0.717, 1.165) is 19.3 Å². The van der Waals surface area contributed by atoms with E-state index in [-0.39, 0.29) is 5.92 Å². The highest BCUT2D eigenvalue weighted by Crippen LogP contribution is 2.40. The van der Waals surface area contributed by atoms with Crippen molar-refractivity contribution < 1.29 is 0 Å². The van der Waals surface area contributed by atoms with E-state index in [2.05, 4.69) is 25.6 Å². The van der Waals surface area contributed by atoms with Crippen molar-refractivity contribution in [3.05, 3.63) is 12.2 Å². The molecule has 80 valence electrons. The molecule has 3 atom stereocenters. The van der Waals surface area contributed by atoms with Crippen LogP contribution < -0.4 is 0 Å². The number of allylic oxidation sites excluding steroid dienone is 1. The zero-order valence-corrected chi connectivity index (χ0v) is 9.53. The van der Waals surface area contributed by atoms with Gasteiger partial charge in [-0.25, -0.2) is 0 Å². The standard InChI is InChI=1S/C13H18N2/c1-9(2)11-5-4-10(3)13(6-11)12(7-14)8-15/h10-13H,1,4-6H2,2-3H3. The van der Waals surface area contributed by atoms with E-state index in [1.807, 2.05) is 6.92 Å². The summed E-state index contributed by atoms with van der Waals surface area (Å²) < 4.78 is 0. The molecule has 1 aliphatic carbocycles. The second-order valence-corrected chi connectivity index (χ2v) is 4.73. The number of hydrogen-bond acceptors (Lipinski definition) is 2. The molecule has 3 unspecified atom stereocenters. The number of rotatable bonds is 2. The minimum atomic E-state index is -0.442. The largest absolute Gasteiger partial charge is 0.197 e. The van der Waals surface area contributed by atoms with Crippen LogP contribution in [0.3, 0.4) is 0 Å². The van der Waals surface area contributed by atoms with Gasteiger partial charge in [0, 0.05) is 0 Å². The predicted octanol–water partition coefficient (Wildman–Crippen LogP) is 3.28. The molecule has 0 aromatic carbocycles. The summed E-state index contributed by atoms with van der Waals surface area (Å²) in [6.07, 6.45) is 3.24. The van der Waals surface area contributed by atoms with Crippen LogP contribution >= 0.6 is 0 Å². The summed E-state index contributed by atoms with van der Waals surface area (Å²) in [5.74, 6) is 0.790. The van der Waals surface area contributed by atoms with Gasteiger partial charge < -0.3 is 0 Å². The van der Waals surface area contributed by atoms with E-state index >= 15 is 0 Å². The zero-order valence-electron chi connectivity index (χ0n) is 9.53. The van der Waals surface area contributed by atoms with E-state index in [1.54, 1.807) is 0 Å². The van der Waals surface area contributed by atoms with Crippen LogP contribution in [0.5, 0.6) is 0 Å². The average molecular weight is 202 g/mol. The second-order valence-electron chi connectivity index (χ2n) is 4.73. The predicted molar refractivity (Wildman–Crippen MR) is 59.5 cm³/mol. The zero-order chi connectivity index (χ0) is 11.4. The smallest absolute Gasteiger partial charge is 0.136 e. The first kappa shape index (κ1) is 11.8. The van der Waals surface area contributed by atoms with Crippen molar-refractivity contribution in [3.8, 4) is 12.1 Å². The van der Waals surface area contributed by atoms with Crippen molar-refractivity contribution in [2.45, 2.75) is 33.1 Å². The number of nitrogens with zero attached hydrogens (tertiary/aromatic N) is 2. The molecule has 0 radical (unpaired) electrons. The maximum atomic E-state index is 8.93. The Labute approximate surface area is 92.2 Å². The van der Waals surface area contributed by atoms with E-state index < -0.39 is 5.92 Å². The first-order valence-corrected chi connectivity index (χ1v) is 5.54. The van der Waals surface area contributed by atoms with Crippen LogP contribution in [0, 0.1) is 46.3 Å². The maximum Gasteiger partial charge on any atom is 0.136 e. The van der Waals surface area contributed by atoms with Gasteiger partial charge in [-0.1, -0.05) is 19.1 Å². The SMILES string of the molecule is C=C(C)C1CCC(C)C(C(C#N)C#N)C1. The summed E-state index contributed by atoms with van der Waals surface area (Å²) in [5.41, 5.74) is 1.20. The van der Waals surface area contributed by atoms with E-state index in [9.17, 15) is 0 Å². The van der Waals surface area contributed by atoms with E-state index in [4.69, 9.17) is 10.5 Å². The summed E-state index contributed by atoms with van der Waals surface area (Å²) in [6.45, 7) is 8.18. The van der Waals surface area contributed by atoms with Gasteiger partial charge in [-0.3, -0.25) is 0 Å². The number of nitriles is 2. The molecular formula is C13H18N2. The summed E-state index contributed by atoms with van der Waals surface area (Å²) in [6, 6.07) is 4.24. The molecule has 0 saturated heterocycles. The van der Waals surface area contributed by atoms with Crippen LogP contribution in [-0.4, -0.2) is 0 Å². The Morgan fingerprint density at radius 3 is 2.40 bits per heavy atom. The molecule has 0 aromatic rings. The molecule has 0 bridgehead atoms. The van der Waals surface area contributed by atoms with Crippen LogP contribution in [-0.2, 0) is 0 Å². The Morgan fingerprint density at radius 1 is 1.33 bits per heavy atom. The van der Waals surface area contributed by atoms with Gasteiger partial charge >= 0.3 is 0 Å². The quantitative estimate of drug-likeness (QED) is 0.645. The fourth-order valence-corrected chi connectivity index (χ4v) is 2.49. The lowest BCUT2D eigenvalue weighted by molar-refractivity contribution is 0.191. The third-order valence-corrected chi connectivity index (χ3v) is 3.66. The lowest BCUT2D eigenvalue weighted by Crippen LogP contribution is -2.28. The van der Waals surface area contributed by atoms with Crippen LogP contribution in [0.15, 0.2) is 12.2 Å². The van der Waals surface area contributed by atoms with Gasteiger partial charge in [0.25, 0.3) is 0 Å². The van der Waals surface area contributed by atoms with Crippen molar-refractivity contribution in [2.75, 3.05) is 0 Å². The van der Waals surface area contributed by atoms with Crippen molar-refractivity contribution in [2.24, 2.45) is 23.7 Å². The third-order valence-electron chi connectivity index (χ3n) is 3.66. The number of hydrogen-bond donors (Lipinski definition) is 0. The molecule has 2 nitrogen and oxygen atoms in total. The molecule has 0 heterocycles. The Morgan fingerprint density at radius 2 is 1.93 bits per heavy atom.